The van der Waals surface area contributed by atoms with Crippen molar-refractivity contribution in [3.05, 3.63) is 81.2 Å². The van der Waals surface area contributed by atoms with E-state index < -0.39 is 5.54 Å². The van der Waals surface area contributed by atoms with E-state index in [0.29, 0.717) is 65.8 Å². The van der Waals surface area contributed by atoms with Crippen LogP contribution in [0.1, 0.15) is 41.6 Å². The number of azide groups is 1. The average molecular weight is 495 g/mol. The average Bonchev–Trinajstić information content (AvgIpc) is 3.09. The largest absolute Gasteiger partial charge is 0.379 e. The van der Waals surface area contributed by atoms with Crippen molar-refractivity contribution in [1.29, 1.82) is 0 Å². The van der Waals surface area contributed by atoms with Crippen LogP contribution in [0.25, 0.3) is 10.4 Å². The van der Waals surface area contributed by atoms with Crippen LogP contribution in [0.4, 0.5) is 0 Å². The van der Waals surface area contributed by atoms with Gasteiger partial charge in [0.1, 0.15) is 0 Å². The summed E-state index contributed by atoms with van der Waals surface area (Å²) in [5.74, 6) is 0.115. The predicted octanol–water partition coefficient (Wildman–Crippen LogP) is 4.16. The second-order valence-corrected chi connectivity index (χ2v) is 8.95. The highest BCUT2D eigenvalue weighted by molar-refractivity contribution is 5.81. The summed E-state index contributed by atoms with van der Waals surface area (Å²) in [4.78, 5) is 18.2. The minimum absolute atomic E-state index is 0.0633. The lowest BCUT2D eigenvalue weighted by Crippen LogP contribution is -2.49. The summed E-state index contributed by atoms with van der Waals surface area (Å²) in [5.41, 5.74) is 12.7. The van der Waals surface area contributed by atoms with Crippen LogP contribution < -0.4 is 0 Å². The Hall–Kier alpha value is -2.94. The molecular weight excluding hydrogens is 460 g/mol. The fourth-order valence-corrected chi connectivity index (χ4v) is 5.28. The number of rotatable bonds is 15. The summed E-state index contributed by atoms with van der Waals surface area (Å²) >= 11 is 0. The van der Waals surface area contributed by atoms with Gasteiger partial charge in [0.15, 0.2) is 0 Å². The number of hydrogen-bond acceptors (Lipinski definition) is 6. The third-order valence-electron chi connectivity index (χ3n) is 6.84. The molecule has 2 aromatic rings. The number of amides is 1. The molecule has 0 saturated heterocycles. The van der Waals surface area contributed by atoms with Gasteiger partial charge in [-0.3, -0.25) is 4.79 Å². The van der Waals surface area contributed by atoms with Crippen molar-refractivity contribution in [2.24, 2.45) is 5.11 Å². The van der Waals surface area contributed by atoms with E-state index in [9.17, 15) is 4.79 Å². The standard InChI is InChI=1S/C27H34N4O5/c1-27-23-8-4-2-6-21(23)20-25(22-7-3-5-9-24(22)27)31(27)26(32)10-12-33-14-16-35-18-19-36-17-15-34-13-11-29-30-28/h2-9,25H,10-20H2,1H3/t25-,27+/m0/s1. The lowest BCUT2D eigenvalue weighted by Gasteiger charge is -2.44. The van der Waals surface area contributed by atoms with Crippen molar-refractivity contribution in [2.45, 2.75) is 31.3 Å². The number of nitrogens with zero attached hydrogens (tertiary/aromatic N) is 4. The molecule has 0 radical (unpaired) electrons. The molecule has 192 valence electrons. The highest BCUT2D eigenvalue weighted by atomic mass is 16.6. The van der Waals surface area contributed by atoms with Gasteiger partial charge in [0.05, 0.1) is 70.9 Å². The van der Waals surface area contributed by atoms with Crippen LogP contribution in [0.5, 0.6) is 0 Å². The summed E-state index contributed by atoms with van der Waals surface area (Å²) in [5, 5.41) is 3.39. The molecule has 2 heterocycles. The molecule has 9 nitrogen and oxygen atoms in total. The zero-order chi connectivity index (χ0) is 25.2. The SMILES string of the molecule is C[C@@]12c3ccccc3C[C@@H](c3ccccc31)N2C(=O)CCOCCOCCOCCOCCN=[N+]=[N-]. The maximum atomic E-state index is 13.4. The van der Waals surface area contributed by atoms with Crippen LogP contribution in [0.3, 0.4) is 0 Å². The van der Waals surface area contributed by atoms with E-state index in [-0.39, 0.29) is 11.9 Å². The van der Waals surface area contributed by atoms with E-state index in [4.69, 9.17) is 24.5 Å². The first-order valence-corrected chi connectivity index (χ1v) is 12.5. The first kappa shape index (κ1) is 26.1. The van der Waals surface area contributed by atoms with Gasteiger partial charge in [0.2, 0.25) is 5.91 Å². The number of hydrogen-bond donors (Lipinski definition) is 0. The maximum absolute atomic E-state index is 13.4. The van der Waals surface area contributed by atoms with Gasteiger partial charge < -0.3 is 23.8 Å². The molecule has 36 heavy (non-hydrogen) atoms. The fraction of sp³-hybridized carbons (Fsp3) is 0.519. The lowest BCUT2D eigenvalue weighted by molar-refractivity contribution is -0.140. The summed E-state index contributed by atoms with van der Waals surface area (Å²) in [6, 6.07) is 17.0. The van der Waals surface area contributed by atoms with Crippen molar-refractivity contribution in [3.8, 4) is 0 Å². The van der Waals surface area contributed by atoms with Gasteiger partial charge in [-0.25, -0.2) is 0 Å². The first-order chi connectivity index (χ1) is 17.7. The van der Waals surface area contributed by atoms with Gasteiger partial charge >= 0.3 is 0 Å². The molecule has 2 bridgehead atoms. The van der Waals surface area contributed by atoms with Gasteiger partial charge in [-0.2, -0.15) is 0 Å². The van der Waals surface area contributed by atoms with Crippen LogP contribution in [0.2, 0.25) is 0 Å². The molecule has 0 saturated carbocycles. The Morgan fingerprint density at radius 3 is 2.19 bits per heavy atom. The normalized spacial score (nSPS) is 19.5. The number of carbonyl (C=O) groups excluding carboxylic acids is 1. The van der Waals surface area contributed by atoms with E-state index in [0.717, 1.165) is 6.42 Å². The minimum Gasteiger partial charge on any atom is -0.379 e. The smallest absolute Gasteiger partial charge is 0.226 e. The van der Waals surface area contributed by atoms with Crippen LogP contribution in [-0.2, 0) is 35.7 Å². The van der Waals surface area contributed by atoms with Crippen LogP contribution in [0, 0.1) is 0 Å². The van der Waals surface area contributed by atoms with Crippen molar-refractivity contribution >= 4 is 5.91 Å². The summed E-state index contributed by atoms with van der Waals surface area (Å²) in [6.45, 7) is 5.97. The van der Waals surface area contributed by atoms with Gasteiger partial charge in [0.25, 0.3) is 0 Å². The molecule has 0 spiro atoms. The molecule has 0 unspecified atom stereocenters. The van der Waals surface area contributed by atoms with Gasteiger partial charge in [-0.1, -0.05) is 53.6 Å². The van der Waals surface area contributed by atoms with Gasteiger partial charge in [0, 0.05) is 11.5 Å². The second kappa shape index (κ2) is 12.9. The van der Waals surface area contributed by atoms with Gasteiger partial charge in [-0.15, -0.1) is 0 Å². The molecule has 4 rings (SSSR count). The number of fused-ring (bicyclic) bond motifs is 7. The molecule has 0 fully saturated rings. The lowest BCUT2D eigenvalue weighted by atomic mass is 9.80. The number of ether oxygens (including phenoxy) is 4. The summed E-state index contributed by atoms with van der Waals surface area (Å²) in [6.07, 6.45) is 1.18. The Labute approximate surface area is 211 Å². The van der Waals surface area contributed by atoms with Crippen molar-refractivity contribution in [1.82, 2.24) is 4.90 Å². The highest BCUT2D eigenvalue weighted by Gasteiger charge is 2.53. The highest BCUT2D eigenvalue weighted by Crippen LogP contribution is 2.55. The Bertz CT molecular complexity index is 1060. The quantitative estimate of drug-likeness (QED) is 0.160. The Morgan fingerprint density at radius 2 is 1.50 bits per heavy atom. The first-order valence-electron chi connectivity index (χ1n) is 12.5. The van der Waals surface area contributed by atoms with E-state index in [1.807, 2.05) is 0 Å². The number of benzene rings is 2. The van der Waals surface area contributed by atoms with E-state index >= 15 is 0 Å². The van der Waals surface area contributed by atoms with Crippen molar-refractivity contribution in [2.75, 3.05) is 59.4 Å². The molecule has 1 amide bonds. The molecule has 2 atom stereocenters. The van der Waals surface area contributed by atoms with Gasteiger partial charge in [-0.05, 0) is 41.1 Å². The summed E-state index contributed by atoms with van der Waals surface area (Å²) < 4.78 is 21.9. The summed E-state index contributed by atoms with van der Waals surface area (Å²) in [7, 11) is 0. The molecule has 9 heteroatoms. The monoisotopic (exact) mass is 494 g/mol. The molecular formula is C27H34N4O5. The van der Waals surface area contributed by atoms with Crippen LogP contribution in [0.15, 0.2) is 53.6 Å². The van der Waals surface area contributed by atoms with Crippen LogP contribution in [-0.4, -0.2) is 70.2 Å². The van der Waals surface area contributed by atoms with E-state index in [2.05, 4.69) is 70.4 Å². The predicted molar refractivity (Wildman–Crippen MR) is 135 cm³/mol. The van der Waals surface area contributed by atoms with E-state index in [1.165, 1.54) is 22.3 Å². The van der Waals surface area contributed by atoms with Crippen molar-refractivity contribution in [3.63, 3.8) is 0 Å². The van der Waals surface area contributed by atoms with Crippen LogP contribution >= 0.6 is 0 Å². The minimum atomic E-state index is -0.452. The third kappa shape index (κ3) is 5.72. The molecule has 2 aliphatic rings. The zero-order valence-corrected chi connectivity index (χ0v) is 20.8. The Balaban J connectivity index is 1.15. The topological polar surface area (TPSA) is 106 Å². The maximum Gasteiger partial charge on any atom is 0.226 e. The Morgan fingerprint density at radius 1 is 0.917 bits per heavy atom. The van der Waals surface area contributed by atoms with Crippen molar-refractivity contribution < 1.29 is 23.7 Å². The number of carbonyl (C=O) groups is 1. The zero-order valence-electron chi connectivity index (χ0n) is 20.8. The fourth-order valence-electron chi connectivity index (χ4n) is 5.28. The second-order valence-electron chi connectivity index (χ2n) is 8.95. The molecule has 2 aromatic carbocycles. The molecule has 0 aromatic heterocycles. The molecule has 0 N–H and O–H groups in total. The molecule has 2 aliphatic heterocycles. The van der Waals surface area contributed by atoms with E-state index in [1.54, 1.807) is 0 Å². The molecule has 0 aliphatic carbocycles. The third-order valence-corrected chi connectivity index (χ3v) is 6.84. The Kier molecular flexibility index (Phi) is 9.33.